The zero-order valence-electron chi connectivity index (χ0n) is 12.8. The molecular weight excluding hydrogens is 316 g/mol. The molecule has 1 fully saturated rings. The summed E-state index contributed by atoms with van der Waals surface area (Å²) in [5, 5.41) is 13.6. The summed E-state index contributed by atoms with van der Waals surface area (Å²) in [6.07, 6.45) is 3.37. The van der Waals surface area contributed by atoms with Crippen LogP contribution in [0.2, 0.25) is 0 Å². The van der Waals surface area contributed by atoms with Crippen molar-refractivity contribution < 1.29 is 4.79 Å². The number of halogens is 1. The van der Waals surface area contributed by atoms with Crippen LogP contribution < -0.4 is 16.2 Å². The van der Waals surface area contributed by atoms with Crippen molar-refractivity contribution in [3.63, 3.8) is 0 Å². The zero-order chi connectivity index (χ0) is 15.4. The molecule has 1 atom stereocenters. The summed E-state index contributed by atoms with van der Waals surface area (Å²) in [5.41, 5.74) is -0.00241. The van der Waals surface area contributed by atoms with Crippen LogP contribution in [0.1, 0.15) is 29.8 Å². The Morgan fingerprint density at radius 2 is 2.09 bits per heavy atom. The van der Waals surface area contributed by atoms with E-state index in [0.29, 0.717) is 23.2 Å². The summed E-state index contributed by atoms with van der Waals surface area (Å²) in [6, 6.07) is 7.02. The average molecular weight is 337 g/mol. The lowest BCUT2D eigenvalue weighted by molar-refractivity contribution is 0.0946. The molecule has 7 heteroatoms. The molecule has 1 amide bonds. The fourth-order valence-electron chi connectivity index (χ4n) is 2.93. The topological polar surface area (TPSA) is 86.9 Å². The van der Waals surface area contributed by atoms with Crippen LogP contribution in [0.25, 0.3) is 10.8 Å². The lowest BCUT2D eigenvalue weighted by Crippen LogP contribution is -2.33. The van der Waals surface area contributed by atoms with Gasteiger partial charge in [-0.3, -0.25) is 9.59 Å². The van der Waals surface area contributed by atoms with Gasteiger partial charge in [0, 0.05) is 11.9 Å². The van der Waals surface area contributed by atoms with Gasteiger partial charge < -0.3 is 10.6 Å². The summed E-state index contributed by atoms with van der Waals surface area (Å²) in [4.78, 5) is 24.0. The zero-order valence-corrected chi connectivity index (χ0v) is 13.6. The van der Waals surface area contributed by atoms with Crippen LogP contribution in [0, 0.1) is 5.92 Å². The van der Waals surface area contributed by atoms with Crippen LogP contribution in [-0.2, 0) is 0 Å². The van der Waals surface area contributed by atoms with Crippen molar-refractivity contribution in [2.75, 3.05) is 19.6 Å². The van der Waals surface area contributed by atoms with E-state index in [1.165, 1.54) is 12.8 Å². The van der Waals surface area contributed by atoms with E-state index in [1.807, 2.05) is 0 Å². The van der Waals surface area contributed by atoms with Gasteiger partial charge in [0.1, 0.15) is 0 Å². The number of amides is 1. The van der Waals surface area contributed by atoms with Gasteiger partial charge in [0.05, 0.1) is 5.39 Å². The molecule has 1 aliphatic rings. The van der Waals surface area contributed by atoms with Gasteiger partial charge in [0.2, 0.25) is 0 Å². The van der Waals surface area contributed by atoms with E-state index in [4.69, 9.17) is 0 Å². The molecule has 1 aromatic heterocycles. The molecule has 3 N–H and O–H groups in total. The van der Waals surface area contributed by atoms with E-state index < -0.39 is 0 Å². The van der Waals surface area contributed by atoms with Gasteiger partial charge in [-0.25, -0.2) is 5.10 Å². The molecule has 3 rings (SSSR count). The molecule has 2 heterocycles. The highest BCUT2D eigenvalue weighted by atomic mass is 35.5. The first kappa shape index (κ1) is 17.4. The largest absolute Gasteiger partial charge is 0.351 e. The molecule has 0 spiro atoms. The third-order valence-corrected chi connectivity index (χ3v) is 4.15. The first-order valence-electron chi connectivity index (χ1n) is 7.72. The Labute approximate surface area is 140 Å². The number of aromatic amines is 1. The molecule has 1 aliphatic heterocycles. The number of carbonyl (C=O) groups excluding carboxylic acids is 1. The summed E-state index contributed by atoms with van der Waals surface area (Å²) in [7, 11) is 0. The van der Waals surface area contributed by atoms with Crippen molar-refractivity contribution in [1.29, 1.82) is 0 Å². The normalized spacial score (nSPS) is 17.5. The van der Waals surface area contributed by atoms with Crippen molar-refractivity contribution in [2.45, 2.75) is 19.3 Å². The monoisotopic (exact) mass is 336 g/mol. The van der Waals surface area contributed by atoms with Crippen molar-refractivity contribution in [3.8, 4) is 0 Å². The van der Waals surface area contributed by atoms with Crippen LogP contribution in [0.15, 0.2) is 29.1 Å². The number of nitrogens with zero attached hydrogens (tertiary/aromatic N) is 1. The number of fused-ring (bicyclic) bond motifs is 1. The second-order valence-electron chi connectivity index (χ2n) is 5.70. The average Bonchev–Trinajstić information content (AvgIpc) is 2.56. The smallest absolute Gasteiger partial charge is 0.272 e. The van der Waals surface area contributed by atoms with Crippen molar-refractivity contribution >= 4 is 29.1 Å². The Morgan fingerprint density at radius 3 is 2.83 bits per heavy atom. The maximum Gasteiger partial charge on any atom is 0.272 e. The molecule has 124 valence electrons. The van der Waals surface area contributed by atoms with Crippen LogP contribution in [-0.4, -0.2) is 35.7 Å². The molecule has 1 aromatic carbocycles. The SMILES string of the molecule is Cl.O=C(NCCC1CCCNC1)c1n[nH]c(=O)c2ccccc12. The Kier molecular flexibility index (Phi) is 6.12. The lowest BCUT2D eigenvalue weighted by Gasteiger charge is -2.22. The van der Waals surface area contributed by atoms with Gasteiger partial charge >= 0.3 is 0 Å². The van der Waals surface area contributed by atoms with E-state index in [0.717, 1.165) is 19.5 Å². The van der Waals surface area contributed by atoms with Crippen molar-refractivity contribution in [1.82, 2.24) is 20.8 Å². The van der Waals surface area contributed by atoms with E-state index in [2.05, 4.69) is 20.8 Å². The molecular formula is C16H21ClN4O2. The number of hydrogen-bond donors (Lipinski definition) is 3. The molecule has 6 nitrogen and oxygen atoms in total. The Morgan fingerprint density at radius 1 is 1.30 bits per heavy atom. The van der Waals surface area contributed by atoms with Gasteiger partial charge in [-0.05, 0) is 44.3 Å². The number of rotatable bonds is 4. The second-order valence-corrected chi connectivity index (χ2v) is 5.70. The van der Waals surface area contributed by atoms with E-state index in [9.17, 15) is 9.59 Å². The number of nitrogens with one attached hydrogen (secondary N) is 3. The highest BCUT2D eigenvalue weighted by molar-refractivity contribution is 6.04. The van der Waals surface area contributed by atoms with E-state index in [-0.39, 0.29) is 29.6 Å². The van der Waals surface area contributed by atoms with Gasteiger partial charge in [0.25, 0.3) is 11.5 Å². The Bertz CT molecular complexity index is 725. The molecule has 2 aromatic rings. The van der Waals surface area contributed by atoms with Gasteiger partial charge in [-0.1, -0.05) is 18.2 Å². The molecule has 1 saturated heterocycles. The minimum absolute atomic E-state index is 0. The number of aromatic nitrogens is 2. The molecule has 0 bridgehead atoms. The first-order chi connectivity index (χ1) is 10.8. The maximum absolute atomic E-state index is 12.3. The fourth-order valence-corrected chi connectivity index (χ4v) is 2.93. The molecule has 0 radical (unpaired) electrons. The maximum atomic E-state index is 12.3. The Balaban J connectivity index is 0.00000192. The third-order valence-electron chi connectivity index (χ3n) is 4.15. The van der Waals surface area contributed by atoms with Gasteiger partial charge in [-0.15, -0.1) is 12.4 Å². The summed E-state index contributed by atoms with van der Waals surface area (Å²) in [5.74, 6) is 0.380. The van der Waals surface area contributed by atoms with Gasteiger partial charge in [0.15, 0.2) is 5.69 Å². The fraction of sp³-hybridized carbons (Fsp3) is 0.438. The second kappa shape index (κ2) is 8.08. The minimum Gasteiger partial charge on any atom is -0.351 e. The number of hydrogen-bond acceptors (Lipinski definition) is 4. The molecule has 23 heavy (non-hydrogen) atoms. The van der Waals surface area contributed by atoms with Gasteiger partial charge in [-0.2, -0.15) is 5.10 Å². The van der Waals surface area contributed by atoms with Crippen LogP contribution in [0.4, 0.5) is 0 Å². The minimum atomic E-state index is -0.277. The number of piperidine rings is 1. The van der Waals surface area contributed by atoms with Crippen molar-refractivity contribution in [2.24, 2.45) is 5.92 Å². The standard InChI is InChI=1S/C16H20N4O2.ClH/c21-15-13-6-2-1-5-12(13)14(19-20-15)16(22)18-9-7-11-4-3-8-17-10-11;/h1-2,5-6,11,17H,3-4,7-10H2,(H,18,22)(H,20,21);1H. The summed E-state index contributed by atoms with van der Waals surface area (Å²) < 4.78 is 0. The molecule has 1 unspecified atom stereocenters. The summed E-state index contributed by atoms with van der Waals surface area (Å²) >= 11 is 0. The first-order valence-corrected chi connectivity index (χ1v) is 7.72. The predicted molar refractivity (Wildman–Crippen MR) is 92.2 cm³/mol. The van der Waals surface area contributed by atoms with Crippen LogP contribution >= 0.6 is 12.4 Å². The van der Waals surface area contributed by atoms with Crippen LogP contribution in [0.5, 0.6) is 0 Å². The quantitative estimate of drug-likeness (QED) is 0.789. The summed E-state index contributed by atoms with van der Waals surface area (Å²) in [6.45, 7) is 2.74. The number of benzene rings is 1. The van der Waals surface area contributed by atoms with E-state index in [1.54, 1.807) is 24.3 Å². The number of carbonyl (C=O) groups is 1. The molecule has 0 saturated carbocycles. The predicted octanol–water partition coefficient (Wildman–Crippen LogP) is 1.46. The highest BCUT2D eigenvalue weighted by Gasteiger charge is 2.16. The van der Waals surface area contributed by atoms with Crippen LogP contribution in [0.3, 0.4) is 0 Å². The highest BCUT2D eigenvalue weighted by Crippen LogP contribution is 2.14. The lowest BCUT2D eigenvalue weighted by atomic mass is 9.96. The van der Waals surface area contributed by atoms with E-state index >= 15 is 0 Å². The van der Waals surface area contributed by atoms with Crippen molar-refractivity contribution in [3.05, 3.63) is 40.3 Å². The Hall–Kier alpha value is -1.92. The third kappa shape index (κ3) is 4.09. The number of H-pyrrole nitrogens is 1. The molecule has 0 aliphatic carbocycles.